The Labute approximate surface area is 94.1 Å². The molecule has 1 saturated carbocycles. The van der Waals surface area contributed by atoms with Crippen LogP contribution in [0.5, 0.6) is 0 Å². The first kappa shape index (κ1) is 10.4. The zero-order chi connectivity index (χ0) is 10.8. The molecule has 0 aliphatic heterocycles. The minimum absolute atomic E-state index is 0.445. The highest BCUT2D eigenvalue weighted by molar-refractivity contribution is 8.26. The van der Waals surface area contributed by atoms with Crippen LogP contribution in [-0.2, 0) is 0 Å². The van der Waals surface area contributed by atoms with E-state index in [2.05, 4.69) is 0 Å². The Hall–Kier alpha value is -1.09. The van der Waals surface area contributed by atoms with E-state index < -0.39 is 0 Å². The van der Waals surface area contributed by atoms with Gasteiger partial charge in [-0.1, -0.05) is 35.5 Å². The highest BCUT2D eigenvalue weighted by Gasteiger charge is 2.27. The van der Waals surface area contributed by atoms with Gasteiger partial charge in [0, 0.05) is 11.5 Å². The Morgan fingerprint density at radius 1 is 1.33 bits per heavy atom. The largest absolute Gasteiger partial charge is 0.298 e. The summed E-state index contributed by atoms with van der Waals surface area (Å²) in [5, 5.41) is 16.8. The number of nitrogens with one attached hydrogen (secondary N) is 2. The maximum atomic E-state index is 7.90. The summed E-state index contributed by atoms with van der Waals surface area (Å²) in [4.78, 5) is 0. The SMILES string of the molecule is Cc1cccc(C(=N)SC(=N)C2CC2)c1. The van der Waals surface area contributed by atoms with E-state index in [9.17, 15) is 0 Å². The predicted molar refractivity (Wildman–Crippen MR) is 66.0 cm³/mol. The number of rotatable bonds is 2. The van der Waals surface area contributed by atoms with Gasteiger partial charge in [0.25, 0.3) is 0 Å². The number of benzene rings is 1. The van der Waals surface area contributed by atoms with Crippen molar-refractivity contribution in [2.24, 2.45) is 5.92 Å². The Morgan fingerprint density at radius 2 is 2.07 bits per heavy atom. The molecule has 0 amide bonds. The van der Waals surface area contributed by atoms with Gasteiger partial charge in [-0.15, -0.1) is 0 Å². The van der Waals surface area contributed by atoms with Crippen molar-refractivity contribution in [1.82, 2.24) is 0 Å². The summed E-state index contributed by atoms with van der Waals surface area (Å²) in [5.41, 5.74) is 2.08. The first-order valence-corrected chi connectivity index (χ1v) is 5.90. The third-order valence-corrected chi connectivity index (χ3v) is 3.43. The molecule has 0 atom stereocenters. The van der Waals surface area contributed by atoms with Gasteiger partial charge in [0.05, 0.1) is 5.04 Å². The Bertz CT molecular complexity index is 408. The standard InChI is InChI=1S/C12H14N2S/c1-8-3-2-4-10(7-8)12(14)15-11(13)9-5-6-9/h2-4,7,9,13-14H,5-6H2,1H3. The van der Waals surface area contributed by atoms with E-state index in [4.69, 9.17) is 10.8 Å². The average Bonchev–Trinajstić information content (AvgIpc) is 3.00. The van der Waals surface area contributed by atoms with Crippen LogP contribution in [0.3, 0.4) is 0 Å². The van der Waals surface area contributed by atoms with E-state index in [1.165, 1.54) is 11.8 Å². The lowest BCUT2D eigenvalue weighted by Gasteiger charge is -2.04. The molecule has 0 aromatic heterocycles. The van der Waals surface area contributed by atoms with Gasteiger partial charge in [-0.3, -0.25) is 10.8 Å². The summed E-state index contributed by atoms with van der Waals surface area (Å²) in [6.45, 7) is 2.02. The lowest BCUT2D eigenvalue weighted by Crippen LogP contribution is -2.01. The monoisotopic (exact) mass is 218 g/mol. The molecule has 1 aromatic carbocycles. The second-order valence-corrected chi connectivity index (χ2v) is 4.99. The predicted octanol–water partition coefficient (Wildman–Crippen LogP) is 3.44. The summed E-state index contributed by atoms with van der Waals surface area (Å²) in [6, 6.07) is 7.91. The van der Waals surface area contributed by atoms with Crippen LogP contribution in [0.2, 0.25) is 0 Å². The van der Waals surface area contributed by atoms with Crippen molar-refractivity contribution >= 4 is 21.8 Å². The zero-order valence-corrected chi connectivity index (χ0v) is 9.53. The summed E-state index contributed by atoms with van der Waals surface area (Å²) in [5.74, 6) is 0.445. The molecule has 78 valence electrons. The van der Waals surface area contributed by atoms with Crippen molar-refractivity contribution in [3.8, 4) is 0 Å². The van der Waals surface area contributed by atoms with Crippen LogP contribution in [-0.4, -0.2) is 10.1 Å². The average molecular weight is 218 g/mol. The topological polar surface area (TPSA) is 47.7 Å². The third kappa shape index (κ3) is 2.69. The summed E-state index contributed by atoms with van der Waals surface area (Å²) < 4.78 is 0. The van der Waals surface area contributed by atoms with Crippen LogP contribution >= 0.6 is 11.8 Å². The minimum Gasteiger partial charge on any atom is -0.298 e. The molecule has 3 heteroatoms. The van der Waals surface area contributed by atoms with E-state index >= 15 is 0 Å². The fraction of sp³-hybridized carbons (Fsp3) is 0.333. The van der Waals surface area contributed by atoms with E-state index in [1.807, 2.05) is 31.2 Å². The fourth-order valence-electron chi connectivity index (χ4n) is 1.38. The van der Waals surface area contributed by atoms with Crippen molar-refractivity contribution in [2.45, 2.75) is 19.8 Å². The Balaban J connectivity index is 2.03. The molecular formula is C12H14N2S. The van der Waals surface area contributed by atoms with Crippen molar-refractivity contribution in [3.05, 3.63) is 35.4 Å². The second kappa shape index (κ2) is 4.19. The van der Waals surface area contributed by atoms with E-state index in [1.54, 1.807) is 0 Å². The number of hydrogen-bond donors (Lipinski definition) is 2. The zero-order valence-electron chi connectivity index (χ0n) is 8.71. The summed E-state index contributed by atoms with van der Waals surface area (Å²) in [6.07, 6.45) is 2.26. The van der Waals surface area contributed by atoms with Gasteiger partial charge in [-0.25, -0.2) is 0 Å². The van der Waals surface area contributed by atoms with Gasteiger partial charge in [0.1, 0.15) is 5.04 Å². The van der Waals surface area contributed by atoms with Crippen LogP contribution in [0.25, 0.3) is 0 Å². The second-order valence-electron chi connectivity index (χ2n) is 3.94. The molecule has 0 radical (unpaired) electrons. The highest BCUT2D eigenvalue weighted by atomic mass is 32.2. The fourth-order valence-corrected chi connectivity index (χ4v) is 2.25. The van der Waals surface area contributed by atoms with Crippen molar-refractivity contribution < 1.29 is 0 Å². The van der Waals surface area contributed by atoms with Gasteiger partial charge >= 0.3 is 0 Å². The van der Waals surface area contributed by atoms with Crippen LogP contribution in [0.1, 0.15) is 24.0 Å². The van der Waals surface area contributed by atoms with Gasteiger partial charge in [-0.05, 0) is 25.8 Å². The summed E-state index contributed by atoms with van der Waals surface area (Å²) in [7, 11) is 0. The van der Waals surface area contributed by atoms with Crippen LogP contribution < -0.4 is 0 Å². The van der Waals surface area contributed by atoms with E-state index in [0.29, 0.717) is 16.0 Å². The first-order valence-electron chi connectivity index (χ1n) is 5.08. The smallest absolute Gasteiger partial charge is 0.100 e. The van der Waals surface area contributed by atoms with E-state index in [0.717, 1.165) is 24.0 Å². The molecule has 0 bridgehead atoms. The van der Waals surface area contributed by atoms with Crippen molar-refractivity contribution in [3.63, 3.8) is 0 Å². The molecule has 0 unspecified atom stereocenters. The number of hydrogen-bond acceptors (Lipinski definition) is 3. The minimum atomic E-state index is 0.445. The Morgan fingerprint density at radius 3 is 2.67 bits per heavy atom. The normalized spacial score (nSPS) is 15.0. The lowest BCUT2D eigenvalue weighted by molar-refractivity contribution is 1.20. The molecule has 1 aliphatic rings. The van der Waals surface area contributed by atoms with E-state index in [-0.39, 0.29) is 0 Å². The molecule has 1 aliphatic carbocycles. The molecule has 1 fully saturated rings. The van der Waals surface area contributed by atoms with Crippen LogP contribution in [0.15, 0.2) is 24.3 Å². The molecule has 0 saturated heterocycles. The lowest BCUT2D eigenvalue weighted by atomic mass is 10.1. The van der Waals surface area contributed by atoms with Gasteiger partial charge in [0.2, 0.25) is 0 Å². The molecular weight excluding hydrogens is 204 g/mol. The van der Waals surface area contributed by atoms with Crippen molar-refractivity contribution in [2.75, 3.05) is 0 Å². The van der Waals surface area contributed by atoms with Gasteiger partial charge in [0.15, 0.2) is 0 Å². The number of aryl methyl sites for hydroxylation is 1. The summed E-state index contributed by atoms with van der Waals surface area (Å²) >= 11 is 1.30. The number of thioether (sulfide) groups is 1. The Kier molecular flexibility index (Phi) is 2.91. The molecule has 2 rings (SSSR count). The van der Waals surface area contributed by atoms with Gasteiger partial charge in [-0.2, -0.15) is 0 Å². The third-order valence-electron chi connectivity index (χ3n) is 2.44. The molecule has 0 heterocycles. The van der Waals surface area contributed by atoms with Crippen molar-refractivity contribution in [1.29, 1.82) is 10.8 Å². The highest BCUT2D eigenvalue weighted by Crippen LogP contribution is 2.35. The first-order chi connectivity index (χ1) is 7.16. The maximum Gasteiger partial charge on any atom is 0.100 e. The molecule has 15 heavy (non-hydrogen) atoms. The maximum absolute atomic E-state index is 7.90. The molecule has 2 nitrogen and oxygen atoms in total. The quantitative estimate of drug-likeness (QED) is 0.579. The van der Waals surface area contributed by atoms with Crippen LogP contribution in [0, 0.1) is 23.7 Å². The molecule has 1 aromatic rings. The molecule has 2 N–H and O–H groups in total. The van der Waals surface area contributed by atoms with Crippen LogP contribution in [0.4, 0.5) is 0 Å². The molecule has 0 spiro atoms. The van der Waals surface area contributed by atoms with Gasteiger partial charge < -0.3 is 0 Å².